The molecule has 0 fully saturated rings. The predicted octanol–water partition coefficient (Wildman–Crippen LogP) is 1.99. The minimum absolute atomic E-state index is 0.175. The van der Waals surface area contributed by atoms with Crippen molar-refractivity contribution in [1.82, 2.24) is 9.97 Å². The molecule has 17 heavy (non-hydrogen) atoms. The van der Waals surface area contributed by atoms with Gasteiger partial charge in [-0.1, -0.05) is 13.8 Å². The Balaban J connectivity index is 2.65. The van der Waals surface area contributed by atoms with Crippen molar-refractivity contribution in [3.8, 4) is 0 Å². The Kier molecular flexibility index (Phi) is 6.08. The highest BCUT2D eigenvalue weighted by Gasteiger charge is 2.06. The van der Waals surface area contributed by atoms with Gasteiger partial charge in [0.05, 0.1) is 0 Å². The quantitative estimate of drug-likeness (QED) is 0.737. The van der Waals surface area contributed by atoms with Gasteiger partial charge in [-0.25, -0.2) is 9.97 Å². The molecular formula is C13H23N3O. The lowest BCUT2D eigenvalue weighted by Gasteiger charge is -2.10. The molecule has 1 atom stereocenters. The van der Waals surface area contributed by atoms with Gasteiger partial charge < -0.3 is 10.5 Å². The molecule has 4 heteroatoms. The summed E-state index contributed by atoms with van der Waals surface area (Å²) >= 11 is 0. The van der Waals surface area contributed by atoms with Crippen molar-refractivity contribution in [3.63, 3.8) is 0 Å². The molecule has 0 saturated carbocycles. The number of aromatic nitrogens is 2. The van der Waals surface area contributed by atoms with Crippen molar-refractivity contribution in [2.75, 3.05) is 6.61 Å². The molecule has 4 nitrogen and oxygen atoms in total. The molecule has 0 aliphatic rings. The van der Waals surface area contributed by atoms with Gasteiger partial charge in [0.1, 0.15) is 6.61 Å². The molecule has 2 N–H and O–H groups in total. The molecule has 0 saturated heterocycles. The van der Waals surface area contributed by atoms with Crippen LogP contribution in [0.5, 0.6) is 0 Å². The van der Waals surface area contributed by atoms with Gasteiger partial charge in [0.15, 0.2) is 5.82 Å². The minimum atomic E-state index is 0.175. The maximum atomic E-state index is 5.94. The van der Waals surface area contributed by atoms with E-state index in [2.05, 4.69) is 23.8 Å². The first-order valence-corrected chi connectivity index (χ1v) is 6.32. The van der Waals surface area contributed by atoms with Crippen molar-refractivity contribution in [3.05, 3.63) is 23.3 Å². The van der Waals surface area contributed by atoms with Crippen LogP contribution in [0.4, 0.5) is 0 Å². The van der Waals surface area contributed by atoms with Crippen LogP contribution >= 0.6 is 0 Å². The van der Waals surface area contributed by atoms with Crippen LogP contribution in [0.15, 0.2) is 6.07 Å². The van der Waals surface area contributed by atoms with Crippen LogP contribution in [0, 0.1) is 6.92 Å². The molecule has 1 aromatic rings. The van der Waals surface area contributed by atoms with Crippen LogP contribution < -0.4 is 5.73 Å². The molecule has 0 spiro atoms. The number of aryl methyl sites for hydroxylation is 1. The summed E-state index contributed by atoms with van der Waals surface area (Å²) in [5, 5.41) is 0. The van der Waals surface area contributed by atoms with Crippen LogP contribution in [0.2, 0.25) is 0 Å². The highest BCUT2D eigenvalue weighted by molar-refractivity contribution is 5.11. The van der Waals surface area contributed by atoms with Crippen LogP contribution in [0.25, 0.3) is 0 Å². The van der Waals surface area contributed by atoms with Crippen molar-refractivity contribution in [2.24, 2.45) is 5.73 Å². The second-order valence-corrected chi connectivity index (χ2v) is 4.34. The predicted molar refractivity (Wildman–Crippen MR) is 68.7 cm³/mol. The van der Waals surface area contributed by atoms with E-state index in [-0.39, 0.29) is 6.04 Å². The van der Waals surface area contributed by atoms with Gasteiger partial charge in [-0.3, -0.25) is 0 Å². The smallest absolute Gasteiger partial charge is 0.154 e. The third-order valence-electron chi connectivity index (χ3n) is 2.53. The van der Waals surface area contributed by atoms with Crippen molar-refractivity contribution >= 4 is 0 Å². The van der Waals surface area contributed by atoms with E-state index < -0.39 is 0 Å². The maximum absolute atomic E-state index is 5.94. The van der Waals surface area contributed by atoms with Crippen LogP contribution in [0.3, 0.4) is 0 Å². The Morgan fingerprint density at radius 1 is 1.35 bits per heavy atom. The topological polar surface area (TPSA) is 61.0 Å². The SMILES string of the molecule is CCCOCc1nc(C)cc(CC(N)CC)n1. The number of nitrogens with two attached hydrogens (primary N) is 1. The first-order valence-electron chi connectivity index (χ1n) is 6.32. The fourth-order valence-electron chi connectivity index (χ4n) is 1.59. The average Bonchev–Trinajstić information content (AvgIpc) is 2.28. The highest BCUT2D eigenvalue weighted by atomic mass is 16.5. The normalized spacial score (nSPS) is 12.7. The van der Waals surface area contributed by atoms with Gasteiger partial charge in [-0.15, -0.1) is 0 Å². The fourth-order valence-corrected chi connectivity index (χ4v) is 1.59. The summed E-state index contributed by atoms with van der Waals surface area (Å²) in [7, 11) is 0. The Morgan fingerprint density at radius 2 is 2.12 bits per heavy atom. The highest BCUT2D eigenvalue weighted by Crippen LogP contribution is 2.06. The van der Waals surface area contributed by atoms with Crippen molar-refractivity contribution in [1.29, 1.82) is 0 Å². The van der Waals surface area contributed by atoms with E-state index in [0.29, 0.717) is 6.61 Å². The molecule has 0 bridgehead atoms. The zero-order valence-corrected chi connectivity index (χ0v) is 11.1. The van der Waals surface area contributed by atoms with Gasteiger partial charge in [0, 0.05) is 30.5 Å². The zero-order chi connectivity index (χ0) is 12.7. The van der Waals surface area contributed by atoms with E-state index in [0.717, 1.165) is 43.1 Å². The molecule has 0 amide bonds. The molecule has 96 valence electrons. The number of ether oxygens (including phenoxy) is 1. The number of hydrogen-bond donors (Lipinski definition) is 1. The monoisotopic (exact) mass is 237 g/mol. The van der Waals surface area contributed by atoms with Crippen LogP contribution in [-0.2, 0) is 17.8 Å². The first kappa shape index (κ1) is 14.1. The van der Waals surface area contributed by atoms with E-state index >= 15 is 0 Å². The Bertz CT molecular complexity index is 341. The number of hydrogen-bond acceptors (Lipinski definition) is 4. The van der Waals surface area contributed by atoms with Crippen LogP contribution in [0.1, 0.15) is 43.9 Å². The summed E-state index contributed by atoms with van der Waals surface area (Å²) in [6, 6.07) is 2.17. The van der Waals surface area contributed by atoms with E-state index in [1.165, 1.54) is 0 Å². The van der Waals surface area contributed by atoms with Gasteiger partial charge in [0.25, 0.3) is 0 Å². The minimum Gasteiger partial charge on any atom is -0.373 e. The van der Waals surface area contributed by atoms with E-state index in [4.69, 9.17) is 10.5 Å². The van der Waals surface area contributed by atoms with Gasteiger partial charge >= 0.3 is 0 Å². The molecule has 0 aliphatic carbocycles. The molecule has 1 heterocycles. The van der Waals surface area contributed by atoms with Gasteiger partial charge in [0.2, 0.25) is 0 Å². The molecule has 1 rings (SSSR count). The lowest BCUT2D eigenvalue weighted by molar-refractivity contribution is 0.115. The molecule has 0 aliphatic heterocycles. The second-order valence-electron chi connectivity index (χ2n) is 4.34. The second kappa shape index (κ2) is 7.35. The Morgan fingerprint density at radius 3 is 2.76 bits per heavy atom. The summed E-state index contributed by atoms with van der Waals surface area (Å²) in [5.74, 6) is 0.761. The Labute approximate surface area is 104 Å². The maximum Gasteiger partial charge on any atom is 0.154 e. The number of nitrogens with zero attached hydrogens (tertiary/aromatic N) is 2. The summed E-state index contributed by atoms with van der Waals surface area (Å²) in [5.41, 5.74) is 7.93. The lowest BCUT2D eigenvalue weighted by Crippen LogP contribution is -2.22. The summed E-state index contributed by atoms with van der Waals surface area (Å²) < 4.78 is 5.45. The van der Waals surface area contributed by atoms with E-state index in [9.17, 15) is 0 Å². The molecular weight excluding hydrogens is 214 g/mol. The Hall–Kier alpha value is -1.00. The summed E-state index contributed by atoms with van der Waals surface area (Å²) in [6.07, 6.45) is 2.78. The first-order chi connectivity index (χ1) is 8.15. The lowest BCUT2D eigenvalue weighted by atomic mass is 10.1. The van der Waals surface area contributed by atoms with Gasteiger partial charge in [-0.05, 0) is 25.8 Å². The third kappa shape index (κ3) is 5.24. The molecule has 1 aromatic heterocycles. The van der Waals surface area contributed by atoms with Crippen LogP contribution in [-0.4, -0.2) is 22.6 Å². The zero-order valence-electron chi connectivity index (χ0n) is 11.1. The molecule has 0 radical (unpaired) electrons. The molecule has 1 unspecified atom stereocenters. The number of rotatable bonds is 7. The van der Waals surface area contributed by atoms with Gasteiger partial charge in [-0.2, -0.15) is 0 Å². The van der Waals surface area contributed by atoms with E-state index in [1.54, 1.807) is 0 Å². The van der Waals surface area contributed by atoms with E-state index in [1.807, 2.05) is 13.0 Å². The largest absolute Gasteiger partial charge is 0.373 e. The third-order valence-corrected chi connectivity index (χ3v) is 2.53. The summed E-state index contributed by atoms with van der Waals surface area (Å²) in [6.45, 7) is 7.39. The van der Waals surface area contributed by atoms with Crippen molar-refractivity contribution < 1.29 is 4.74 Å². The molecule has 0 aromatic carbocycles. The van der Waals surface area contributed by atoms with Crippen molar-refractivity contribution in [2.45, 2.75) is 52.7 Å². The summed E-state index contributed by atoms with van der Waals surface area (Å²) in [4.78, 5) is 8.84. The fraction of sp³-hybridized carbons (Fsp3) is 0.692. The average molecular weight is 237 g/mol. The standard InChI is InChI=1S/C13H23N3O/c1-4-6-17-9-13-15-10(3)7-12(16-13)8-11(14)5-2/h7,11H,4-6,8-9,14H2,1-3H3.